The van der Waals surface area contributed by atoms with Gasteiger partial charge in [-0.25, -0.2) is 0 Å². The summed E-state index contributed by atoms with van der Waals surface area (Å²) in [4.78, 5) is 12.4. The van der Waals surface area contributed by atoms with Crippen molar-refractivity contribution in [3.63, 3.8) is 0 Å². The van der Waals surface area contributed by atoms with Gasteiger partial charge < -0.3 is 19.2 Å². The zero-order valence-corrected chi connectivity index (χ0v) is 18.4. The minimum atomic E-state index is -0.217. The SMILES string of the molecule is CCOc1ccc(OCC)c(NC(=O)CSc2nnc(-c3ccccc3Br)o2)c1. The van der Waals surface area contributed by atoms with E-state index in [4.69, 9.17) is 13.9 Å². The van der Waals surface area contributed by atoms with Gasteiger partial charge in [-0.15, -0.1) is 10.2 Å². The largest absolute Gasteiger partial charge is 0.494 e. The zero-order valence-electron chi connectivity index (χ0n) is 16.0. The summed E-state index contributed by atoms with van der Waals surface area (Å²) >= 11 is 4.62. The van der Waals surface area contributed by atoms with Gasteiger partial charge in [-0.1, -0.05) is 23.9 Å². The molecule has 29 heavy (non-hydrogen) atoms. The average molecular weight is 478 g/mol. The number of halogens is 1. The van der Waals surface area contributed by atoms with Crippen LogP contribution in [0.4, 0.5) is 5.69 Å². The fraction of sp³-hybridized carbons (Fsp3) is 0.250. The second kappa shape index (κ2) is 10.3. The van der Waals surface area contributed by atoms with Gasteiger partial charge in [0.15, 0.2) is 0 Å². The van der Waals surface area contributed by atoms with Gasteiger partial charge in [0.2, 0.25) is 11.8 Å². The number of aromatic nitrogens is 2. The topological polar surface area (TPSA) is 86.5 Å². The highest BCUT2D eigenvalue weighted by Crippen LogP contribution is 2.31. The number of nitrogens with one attached hydrogen (secondary N) is 1. The molecule has 0 aliphatic heterocycles. The molecule has 0 radical (unpaired) electrons. The summed E-state index contributed by atoms with van der Waals surface area (Å²) in [6.07, 6.45) is 0. The molecule has 0 bridgehead atoms. The number of ether oxygens (including phenoxy) is 2. The van der Waals surface area contributed by atoms with Crippen molar-refractivity contribution < 1.29 is 18.7 Å². The summed E-state index contributed by atoms with van der Waals surface area (Å²) in [6, 6.07) is 12.9. The molecule has 1 N–H and O–H groups in total. The second-order valence-electron chi connectivity index (χ2n) is 5.71. The Morgan fingerprint density at radius 1 is 1.14 bits per heavy atom. The summed E-state index contributed by atoms with van der Waals surface area (Å²) < 4.78 is 17.6. The molecule has 0 fully saturated rings. The molecule has 0 unspecified atom stereocenters. The minimum absolute atomic E-state index is 0.113. The Bertz CT molecular complexity index is 980. The van der Waals surface area contributed by atoms with E-state index in [1.807, 2.05) is 38.1 Å². The molecular weight excluding hydrogens is 458 g/mol. The molecule has 0 aliphatic rings. The van der Waals surface area contributed by atoms with E-state index < -0.39 is 0 Å². The summed E-state index contributed by atoms with van der Waals surface area (Å²) in [6.45, 7) is 4.81. The molecule has 7 nitrogen and oxygen atoms in total. The van der Waals surface area contributed by atoms with Gasteiger partial charge in [0.1, 0.15) is 11.5 Å². The van der Waals surface area contributed by atoms with Crippen LogP contribution in [0.5, 0.6) is 11.5 Å². The van der Waals surface area contributed by atoms with E-state index in [9.17, 15) is 4.79 Å². The van der Waals surface area contributed by atoms with Crippen LogP contribution in [-0.4, -0.2) is 35.1 Å². The Hall–Kier alpha value is -2.52. The first kappa shape index (κ1) is 21.2. The van der Waals surface area contributed by atoms with E-state index in [0.29, 0.717) is 41.5 Å². The first-order valence-electron chi connectivity index (χ1n) is 9.01. The Morgan fingerprint density at radius 3 is 2.69 bits per heavy atom. The van der Waals surface area contributed by atoms with Gasteiger partial charge in [0, 0.05) is 10.5 Å². The van der Waals surface area contributed by atoms with Crippen LogP contribution in [-0.2, 0) is 4.79 Å². The van der Waals surface area contributed by atoms with Crippen molar-refractivity contribution in [2.24, 2.45) is 0 Å². The van der Waals surface area contributed by atoms with E-state index in [-0.39, 0.29) is 11.7 Å². The van der Waals surface area contributed by atoms with Gasteiger partial charge in [-0.3, -0.25) is 4.79 Å². The fourth-order valence-electron chi connectivity index (χ4n) is 2.47. The van der Waals surface area contributed by atoms with Crippen LogP contribution in [0, 0.1) is 0 Å². The Labute approximate surface area is 181 Å². The van der Waals surface area contributed by atoms with Gasteiger partial charge in [0.05, 0.1) is 30.2 Å². The van der Waals surface area contributed by atoms with Crippen LogP contribution in [0.15, 0.2) is 56.6 Å². The number of carbonyl (C=O) groups excluding carboxylic acids is 1. The molecule has 3 rings (SSSR count). The van der Waals surface area contributed by atoms with Crippen molar-refractivity contribution in [1.29, 1.82) is 0 Å². The van der Waals surface area contributed by atoms with Crippen LogP contribution in [0.3, 0.4) is 0 Å². The molecule has 1 heterocycles. The van der Waals surface area contributed by atoms with Crippen LogP contribution in [0.1, 0.15) is 13.8 Å². The first-order chi connectivity index (χ1) is 14.1. The Kier molecular flexibility index (Phi) is 7.54. The van der Waals surface area contributed by atoms with Crippen molar-refractivity contribution in [1.82, 2.24) is 10.2 Å². The molecule has 0 spiro atoms. The predicted molar refractivity (Wildman–Crippen MR) is 116 cm³/mol. The summed E-state index contributed by atoms with van der Waals surface area (Å²) in [5.74, 6) is 1.54. The number of thioether (sulfide) groups is 1. The highest BCUT2D eigenvalue weighted by atomic mass is 79.9. The van der Waals surface area contributed by atoms with Crippen molar-refractivity contribution >= 4 is 39.3 Å². The van der Waals surface area contributed by atoms with Crippen LogP contribution < -0.4 is 14.8 Å². The summed E-state index contributed by atoms with van der Waals surface area (Å²) in [7, 11) is 0. The predicted octanol–water partition coefficient (Wildman–Crippen LogP) is 5.03. The molecule has 1 aromatic heterocycles. The molecule has 0 saturated carbocycles. The lowest BCUT2D eigenvalue weighted by Crippen LogP contribution is -2.15. The molecule has 2 aromatic carbocycles. The maximum absolute atomic E-state index is 12.4. The molecule has 0 saturated heterocycles. The third-order valence-electron chi connectivity index (χ3n) is 3.67. The number of nitrogens with zero attached hydrogens (tertiary/aromatic N) is 2. The lowest BCUT2D eigenvalue weighted by Gasteiger charge is -2.13. The highest BCUT2D eigenvalue weighted by molar-refractivity contribution is 9.10. The molecule has 152 valence electrons. The maximum Gasteiger partial charge on any atom is 0.277 e. The van der Waals surface area contributed by atoms with Crippen molar-refractivity contribution in [2.45, 2.75) is 19.1 Å². The van der Waals surface area contributed by atoms with E-state index in [0.717, 1.165) is 21.8 Å². The summed E-state index contributed by atoms with van der Waals surface area (Å²) in [5.41, 5.74) is 1.35. The van der Waals surface area contributed by atoms with E-state index in [1.165, 1.54) is 0 Å². The van der Waals surface area contributed by atoms with E-state index in [2.05, 4.69) is 31.4 Å². The standard InChI is InChI=1S/C20H20BrN3O4S/c1-3-26-13-9-10-17(27-4-2)16(11-13)22-18(25)12-29-20-24-23-19(28-20)14-7-5-6-8-15(14)21/h5-11H,3-4,12H2,1-2H3,(H,22,25). The van der Waals surface area contributed by atoms with Gasteiger partial charge in [-0.05, 0) is 54.0 Å². The molecule has 0 aliphatic carbocycles. The third-order valence-corrected chi connectivity index (χ3v) is 5.18. The number of rotatable bonds is 9. The molecule has 9 heteroatoms. The van der Waals surface area contributed by atoms with Gasteiger partial charge >= 0.3 is 0 Å². The second-order valence-corrected chi connectivity index (χ2v) is 7.49. The smallest absolute Gasteiger partial charge is 0.277 e. The number of hydrogen-bond donors (Lipinski definition) is 1. The van der Waals surface area contributed by atoms with E-state index >= 15 is 0 Å². The molecular formula is C20H20BrN3O4S. The fourth-order valence-corrected chi connectivity index (χ4v) is 3.49. The van der Waals surface area contributed by atoms with Crippen molar-refractivity contribution in [3.8, 4) is 23.0 Å². The zero-order chi connectivity index (χ0) is 20.6. The molecule has 0 atom stereocenters. The Balaban J connectivity index is 1.63. The first-order valence-corrected chi connectivity index (χ1v) is 10.8. The lowest BCUT2D eigenvalue weighted by atomic mass is 10.2. The Morgan fingerprint density at radius 2 is 1.93 bits per heavy atom. The van der Waals surface area contributed by atoms with E-state index in [1.54, 1.807) is 18.2 Å². The molecule has 1 amide bonds. The third kappa shape index (κ3) is 5.74. The number of carbonyl (C=O) groups is 1. The molecule has 3 aromatic rings. The lowest BCUT2D eigenvalue weighted by molar-refractivity contribution is -0.113. The number of anilines is 1. The number of amides is 1. The van der Waals surface area contributed by atoms with Gasteiger partial charge in [-0.2, -0.15) is 0 Å². The number of hydrogen-bond acceptors (Lipinski definition) is 7. The summed E-state index contributed by atoms with van der Waals surface area (Å²) in [5, 5.41) is 11.2. The average Bonchev–Trinajstić information content (AvgIpc) is 3.18. The highest BCUT2D eigenvalue weighted by Gasteiger charge is 2.14. The normalized spacial score (nSPS) is 10.6. The van der Waals surface area contributed by atoms with Crippen LogP contribution >= 0.6 is 27.7 Å². The van der Waals surface area contributed by atoms with Crippen LogP contribution in [0.25, 0.3) is 11.5 Å². The number of benzene rings is 2. The maximum atomic E-state index is 12.4. The van der Waals surface area contributed by atoms with Crippen molar-refractivity contribution in [2.75, 3.05) is 24.3 Å². The quantitative estimate of drug-likeness (QED) is 0.432. The van der Waals surface area contributed by atoms with Gasteiger partial charge in [0.25, 0.3) is 5.22 Å². The minimum Gasteiger partial charge on any atom is -0.494 e. The van der Waals surface area contributed by atoms with Crippen LogP contribution in [0.2, 0.25) is 0 Å². The monoisotopic (exact) mass is 477 g/mol. The van der Waals surface area contributed by atoms with Crippen molar-refractivity contribution in [3.05, 3.63) is 46.9 Å².